The number of amides is 1. The molecule has 22 heavy (non-hydrogen) atoms. The van der Waals surface area contributed by atoms with Gasteiger partial charge in [-0.15, -0.1) is 0 Å². The highest BCUT2D eigenvalue weighted by Gasteiger charge is 2.34. The predicted molar refractivity (Wildman–Crippen MR) is 81.1 cm³/mol. The van der Waals surface area contributed by atoms with Gasteiger partial charge in [0.25, 0.3) is 0 Å². The standard InChI is InChI=1S/C16H23FN2O3/c1-16(7-2-8-18-11-16)15(21)19-9-13(20)10-22-14-5-3-12(17)4-6-14/h3-6,13,18,20H,2,7-11H2,1H3,(H,19,21). The zero-order valence-corrected chi connectivity index (χ0v) is 12.8. The van der Waals surface area contributed by atoms with Crippen molar-refractivity contribution in [3.8, 4) is 5.75 Å². The average Bonchev–Trinajstić information content (AvgIpc) is 2.52. The lowest BCUT2D eigenvalue weighted by atomic mass is 9.82. The monoisotopic (exact) mass is 310 g/mol. The van der Waals surface area contributed by atoms with E-state index in [2.05, 4.69) is 10.6 Å². The van der Waals surface area contributed by atoms with Crippen LogP contribution in [0.15, 0.2) is 24.3 Å². The quantitative estimate of drug-likeness (QED) is 0.735. The topological polar surface area (TPSA) is 70.6 Å². The number of piperidine rings is 1. The molecule has 2 rings (SSSR count). The van der Waals surface area contributed by atoms with Crippen molar-refractivity contribution < 1.29 is 19.0 Å². The molecule has 0 bridgehead atoms. The maximum atomic E-state index is 12.8. The zero-order chi connectivity index (χ0) is 16.0. The van der Waals surface area contributed by atoms with Gasteiger partial charge in [0, 0.05) is 13.1 Å². The lowest BCUT2D eigenvalue weighted by Crippen LogP contribution is -2.50. The number of ether oxygens (including phenoxy) is 1. The van der Waals surface area contributed by atoms with Crippen molar-refractivity contribution in [2.45, 2.75) is 25.9 Å². The Morgan fingerprint density at radius 3 is 2.86 bits per heavy atom. The number of carbonyl (C=O) groups excluding carboxylic acids is 1. The minimum atomic E-state index is -0.811. The van der Waals surface area contributed by atoms with Crippen molar-refractivity contribution >= 4 is 5.91 Å². The van der Waals surface area contributed by atoms with Gasteiger partial charge in [-0.3, -0.25) is 4.79 Å². The molecule has 1 aromatic carbocycles. The number of rotatable bonds is 6. The van der Waals surface area contributed by atoms with Gasteiger partial charge in [-0.1, -0.05) is 0 Å². The van der Waals surface area contributed by atoms with E-state index in [0.29, 0.717) is 12.3 Å². The van der Waals surface area contributed by atoms with Gasteiger partial charge < -0.3 is 20.5 Å². The van der Waals surface area contributed by atoms with Gasteiger partial charge in [0.1, 0.15) is 24.3 Å². The van der Waals surface area contributed by atoms with Crippen LogP contribution in [0.3, 0.4) is 0 Å². The largest absolute Gasteiger partial charge is 0.491 e. The maximum absolute atomic E-state index is 12.8. The number of halogens is 1. The summed E-state index contributed by atoms with van der Waals surface area (Å²) < 4.78 is 18.1. The van der Waals surface area contributed by atoms with E-state index in [1.54, 1.807) is 0 Å². The first-order valence-electron chi connectivity index (χ1n) is 7.55. The van der Waals surface area contributed by atoms with Crippen molar-refractivity contribution in [2.24, 2.45) is 5.41 Å². The summed E-state index contributed by atoms with van der Waals surface area (Å²) in [6.07, 6.45) is 1.00. The summed E-state index contributed by atoms with van der Waals surface area (Å²) in [6.45, 7) is 3.70. The molecule has 1 aromatic rings. The SMILES string of the molecule is CC1(C(=O)NCC(O)COc2ccc(F)cc2)CCCNC1. The van der Waals surface area contributed by atoms with E-state index < -0.39 is 11.5 Å². The van der Waals surface area contributed by atoms with Crippen molar-refractivity contribution in [1.82, 2.24) is 10.6 Å². The van der Waals surface area contributed by atoms with Gasteiger partial charge in [-0.05, 0) is 50.6 Å². The molecule has 1 fully saturated rings. The van der Waals surface area contributed by atoms with Crippen molar-refractivity contribution in [3.63, 3.8) is 0 Å². The molecule has 1 aliphatic heterocycles. The fraction of sp³-hybridized carbons (Fsp3) is 0.562. The Bertz CT molecular complexity index is 487. The van der Waals surface area contributed by atoms with Crippen LogP contribution in [-0.4, -0.2) is 43.4 Å². The van der Waals surface area contributed by atoms with E-state index in [1.165, 1.54) is 24.3 Å². The van der Waals surface area contributed by atoms with Crippen LogP contribution in [0.4, 0.5) is 4.39 Å². The second kappa shape index (κ2) is 7.56. The maximum Gasteiger partial charge on any atom is 0.227 e. The van der Waals surface area contributed by atoms with E-state index >= 15 is 0 Å². The third-order valence-corrected chi connectivity index (χ3v) is 3.90. The van der Waals surface area contributed by atoms with Crippen LogP contribution in [0.25, 0.3) is 0 Å². The van der Waals surface area contributed by atoms with Gasteiger partial charge in [-0.25, -0.2) is 4.39 Å². The molecule has 5 nitrogen and oxygen atoms in total. The van der Waals surface area contributed by atoms with Gasteiger partial charge in [0.05, 0.1) is 5.41 Å². The zero-order valence-electron chi connectivity index (χ0n) is 12.8. The summed E-state index contributed by atoms with van der Waals surface area (Å²) in [6, 6.07) is 5.57. The normalized spacial score (nSPS) is 22.9. The summed E-state index contributed by atoms with van der Waals surface area (Å²) in [4.78, 5) is 12.2. The van der Waals surface area contributed by atoms with Crippen LogP contribution in [0.5, 0.6) is 5.75 Å². The Balaban J connectivity index is 1.71. The number of benzene rings is 1. The van der Waals surface area contributed by atoms with Crippen LogP contribution >= 0.6 is 0 Å². The summed E-state index contributed by atoms with van der Waals surface area (Å²) in [5, 5.41) is 15.9. The second-order valence-electron chi connectivity index (χ2n) is 5.97. The first-order chi connectivity index (χ1) is 10.5. The molecule has 1 heterocycles. The summed E-state index contributed by atoms with van der Waals surface area (Å²) >= 11 is 0. The van der Waals surface area contributed by atoms with E-state index in [-0.39, 0.29) is 24.9 Å². The van der Waals surface area contributed by atoms with E-state index in [0.717, 1.165) is 19.4 Å². The highest BCUT2D eigenvalue weighted by molar-refractivity contribution is 5.82. The van der Waals surface area contributed by atoms with Gasteiger partial charge in [-0.2, -0.15) is 0 Å². The molecule has 1 aliphatic rings. The summed E-state index contributed by atoms with van der Waals surface area (Å²) in [5.41, 5.74) is -0.421. The third-order valence-electron chi connectivity index (χ3n) is 3.90. The lowest BCUT2D eigenvalue weighted by molar-refractivity contribution is -0.131. The molecule has 0 spiro atoms. The van der Waals surface area contributed by atoms with Crippen LogP contribution < -0.4 is 15.4 Å². The molecule has 1 amide bonds. The van der Waals surface area contributed by atoms with Crippen LogP contribution in [0, 0.1) is 11.2 Å². The van der Waals surface area contributed by atoms with Crippen molar-refractivity contribution in [3.05, 3.63) is 30.1 Å². The highest BCUT2D eigenvalue weighted by Crippen LogP contribution is 2.25. The van der Waals surface area contributed by atoms with E-state index in [9.17, 15) is 14.3 Å². The molecule has 122 valence electrons. The molecule has 0 aromatic heterocycles. The smallest absolute Gasteiger partial charge is 0.227 e. The first-order valence-corrected chi connectivity index (χ1v) is 7.55. The molecule has 2 atom stereocenters. The average molecular weight is 310 g/mol. The summed E-state index contributed by atoms with van der Waals surface area (Å²) in [7, 11) is 0. The number of aliphatic hydroxyl groups is 1. The molecular formula is C16H23FN2O3. The Hall–Kier alpha value is -1.66. The third kappa shape index (κ3) is 4.68. The highest BCUT2D eigenvalue weighted by atomic mass is 19.1. The van der Waals surface area contributed by atoms with Crippen LogP contribution in [0.1, 0.15) is 19.8 Å². The number of aliphatic hydroxyl groups excluding tert-OH is 1. The molecule has 0 aliphatic carbocycles. The molecule has 3 N–H and O–H groups in total. The van der Waals surface area contributed by atoms with Crippen molar-refractivity contribution in [1.29, 1.82) is 0 Å². The number of hydrogen-bond donors (Lipinski definition) is 3. The fourth-order valence-electron chi connectivity index (χ4n) is 2.46. The van der Waals surface area contributed by atoms with Crippen LogP contribution in [0.2, 0.25) is 0 Å². The van der Waals surface area contributed by atoms with Gasteiger partial charge in [0.2, 0.25) is 5.91 Å². The fourth-order valence-corrected chi connectivity index (χ4v) is 2.46. The number of nitrogens with one attached hydrogen (secondary N) is 2. The molecule has 1 saturated heterocycles. The number of hydrogen-bond acceptors (Lipinski definition) is 4. The predicted octanol–water partition coefficient (Wildman–Crippen LogP) is 1.07. The first kappa shape index (κ1) is 16.7. The minimum Gasteiger partial charge on any atom is -0.491 e. The van der Waals surface area contributed by atoms with Crippen LogP contribution in [-0.2, 0) is 4.79 Å². The molecule has 2 unspecified atom stereocenters. The van der Waals surface area contributed by atoms with Gasteiger partial charge in [0.15, 0.2) is 0 Å². The minimum absolute atomic E-state index is 0.0425. The Morgan fingerprint density at radius 1 is 1.50 bits per heavy atom. The molecule has 6 heteroatoms. The van der Waals surface area contributed by atoms with E-state index in [4.69, 9.17) is 4.74 Å². The van der Waals surface area contributed by atoms with E-state index in [1.807, 2.05) is 6.92 Å². The van der Waals surface area contributed by atoms with Crippen molar-refractivity contribution in [2.75, 3.05) is 26.2 Å². The molecule has 0 radical (unpaired) electrons. The Kier molecular flexibility index (Phi) is 5.74. The van der Waals surface area contributed by atoms with Gasteiger partial charge >= 0.3 is 0 Å². The molecular weight excluding hydrogens is 287 g/mol. The molecule has 0 saturated carbocycles. The lowest BCUT2D eigenvalue weighted by Gasteiger charge is -2.32. The number of carbonyl (C=O) groups is 1. The Labute approximate surface area is 129 Å². The second-order valence-corrected chi connectivity index (χ2v) is 5.97. The Morgan fingerprint density at radius 2 is 2.23 bits per heavy atom. The summed E-state index contributed by atoms with van der Waals surface area (Å²) in [5.74, 6) is 0.0882.